The third kappa shape index (κ3) is 4.75. The Morgan fingerprint density at radius 3 is 2.16 bits per heavy atom. The Morgan fingerprint density at radius 2 is 1.45 bits per heavy atom. The second-order valence-corrected chi connectivity index (χ2v) is 9.19. The molecule has 1 N–H and O–H groups in total. The van der Waals surface area contributed by atoms with Crippen LogP contribution in [-0.2, 0) is 16.6 Å². The van der Waals surface area contributed by atoms with E-state index in [9.17, 15) is 13.2 Å². The van der Waals surface area contributed by atoms with Crippen molar-refractivity contribution in [3.05, 3.63) is 108 Å². The Labute approximate surface area is 182 Å². The number of nitrogens with zero attached hydrogens (tertiary/aromatic N) is 1. The van der Waals surface area contributed by atoms with Gasteiger partial charge in [0.05, 0.1) is 18.5 Å². The average molecular weight is 431 g/mol. The van der Waals surface area contributed by atoms with E-state index < -0.39 is 10.0 Å². The van der Waals surface area contributed by atoms with Crippen LogP contribution >= 0.6 is 0 Å². The van der Waals surface area contributed by atoms with Crippen LogP contribution < -0.4 is 9.62 Å². The predicted octanol–water partition coefficient (Wildman–Crippen LogP) is 5.06. The summed E-state index contributed by atoms with van der Waals surface area (Å²) >= 11 is 0. The van der Waals surface area contributed by atoms with Crippen molar-refractivity contribution >= 4 is 38.1 Å². The van der Waals surface area contributed by atoms with E-state index in [1.165, 1.54) is 10.6 Å². The summed E-state index contributed by atoms with van der Waals surface area (Å²) in [6.07, 6.45) is 1.19. The van der Waals surface area contributed by atoms with Gasteiger partial charge in [-0.2, -0.15) is 0 Å². The van der Waals surface area contributed by atoms with Crippen molar-refractivity contribution < 1.29 is 13.2 Å². The maximum Gasteiger partial charge on any atom is 0.255 e. The van der Waals surface area contributed by atoms with Crippen molar-refractivity contribution in [1.82, 2.24) is 0 Å². The Kier molecular flexibility index (Phi) is 5.73. The van der Waals surface area contributed by atoms with Gasteiger partial charge in [0.2, 0.25) is 10.0 Å². The number of amides is 1. The molecular formula is C25H22N2O3S. The van der Waals surface area contributed by atoms with Crippen LogP contribution in [0.15, 0.2) is 97.1 Å². The maximum atomic E-state index is 12.8. The van der Waals surface area contributed by atoms with Gasteiger partial charge in [0.25, 0.3) is 5.91 Å². The number of rotatable bonds is 6. The highest BCUT2D eigenvalue weighted by Gasteiger charge is 2.18. The molecule has 0 aromatic heterocycles. The quantitative estimate of drug-likeness (QED) is 0.465. The summed E-state index contributed by atoms with van der Waals surface area (Å²) in [6.45, 7) is 0.189. The maximum absolute atomic E-state index is 12.8. The largest absolute Gasteiger partial charge is 0.321 e. The van der Waals surface area contributed by atoms with E-state index in [1.807, 2.05) is 48.5 Å². The van der Waals surface area contributed by atoms with Crippen LogP contribution in [0.1, 0.15) is 15.9 Å². The first-order valence-corrected chi connectivity index (χ1v) is 11.7. The molecule has 156 valence electrons. The van der Waals surface area contributed by atoms with Crippen molar-refractivity contribution in [2.75, 3.05) is 15.9 Å². The molecule has 0 radical (unpaired) electrons. The summed E-state index contributed by atoms with van der Waals surface area (Å²) in [7, 11) is -3.45. The molecule has 0 fully saturated rings. The van der Waals surface area contributed by atoms with Gasteiger partial charge >= 0.3 is 0 Å². The lowest BCUT2D eigenvalue weighted by molar-refractivity contribution is 0.102. The van der Waals surface area contributed by atoms with Crippen molar-refractivity contribution in [3.63, 3.8) is 0 Å². The number of fused-ring (bicyclic) bond motifs is 1. The Hall–Kier alpha value is -3.64. The fourth-order valence-corrected chi connectivity index (χ4v) is 4.34. The van der Waals surface area contributed by atoms with Crippen molar-refractivity contribution in [2.24, 2.45) is 0 Å². The second-order valence-electron chi connectivity index (χ2n) is 7.28. The van der Waals surface area contributed by atoms with E-state index in [0.717, 1.165) is 22.0 Å². The van der Waals surface area contributed by atoms with Crippen molar-refractivity contribution in [1.29, 1.82) is 0 Å². The third-order valence-corrected chi connectivity index (χ3v) is 6.17. The van der Waals surface area contributed by atoms with Gasteiger partial charge in [-0.3, -0.25) is 9.10 Å². The lowest BCUT2D eigenvalue weighted by atomic mass is 10.1. The minimum Gasteiger partial charge on any atom is -0.321 e. The number of para-hydroxylation sites is 1. The summed E-state index contributed by atoms with van der Waals surface area (Å²) in [5, 5.41) is 4.99. The summed E-state index contributed by atoms with van der Waals surface area (Å²) in [6, 6.07) is 29.6. The Morgan fingerprint density at radius 1 is 0.806 bits per heavy atom. The normalized spacial score (nSPS) is 11.3. The standard InChI is InChI=1S/C25H22N2O3S/c1-31(29,30)27(22-10-3-2-4-11-22)18-19-14-16-21(17-15-19)25(28)26-24-13-7-9-20-8-5-6-12-23(20)24/h2-17H,18H2,1H3,(H,26,28). The molecule has 5 nitrogen and oxygen atoms in total. The second kappa shape index (κ2) is 8.62. The summed E-state index contributed by atoms with van der Waals surface area (Å²) in [5.74, 6) is -0.217. The number of carbonyl (C=O) groups is 1. The van der Waals surface area contributed by atoms with Crippen LogP contribution in [0.4, 0.5) is 11.4 Å². The molecule has 0 heterocycles. The number of carbonyl (C=O) groups excluding carboxylic acids is 1. The first kappa shape index (κ1) is 20.6. The zero-order valence-corrected chi connectivity index (χ0v) is 17.8. The van der Waals surface area contributed by atoms with Gasteiger partial charge < -0.3 is 5.32 Å². The Balaban J connectivity index is 1.53. The molecule has 0 aliphatic heterocycles. The molecule has 4 aromatic rings. The van der Waals surface area contributed by atoms with E-state index in [-0.39, 0.29) is 12.5 Å². The number of hydrogen-bond donors (Lipinski definition) is 1. The van der Waals surface area contributed by atoms with Crippen LogP contribution in [0.25, 0.3) is 10.8 Å². The molecule has 0 aliphatic rings. The molecule has 0 saturated heterocycles. The number of sulfonamides is 1. The number of benzene rings is 4. The van der Waals surface area contributed by atoms with Crippen molar-refractivity contribution in [3.8, 4) is 0 Å². The summed E-state index contributed by atoms with van der Waals surface area (Å²) in [5.41, 5.74) is 2.64. The third-order valence-electron chi connectivity index (χ3n) is 5.02. The van der Waals surface area contributed by atoms with Crippen LogP contribution in [0.2, 0.25) is 0 Å². The minimum atomic E-state index is -3.45. The van der Waals surface area contributed by atoms with Crippen LogP contribution in [-0.4, -0.2) is 20.6 Å². The van der Waals surface area contributed by atoms with E-state index in [4.69, 9.17) is 0 Å². The molecule has 0 spiro atoms. The first-order valence-electron chi connectivity index (χ1n) is 9.83. The molecule has 0 bridgehead atoms. The summed E-state index contributed by atoms with van der Waals surface area (Å²) < 4.78 is 25.9. The molecule has 1 amide bonds. The monoisotopic (exact) mass is 430 g/mol. The van der Waals surface area contributed by atoms with E-state index in [1.54, 1.807) is 48.5 Å². The minimum absolute atomic E-state index is 0.189. The molecule has 6 heteroatoms. The molecule has 0 unspecified atom stereocenters. The highest BCUT2D eigenvalue weighted by Crippen LogP contribution is 2.24. The SMILES string of the molecule is CS(=O)(=O)N(Cc1ccc(C(=O)Nc2cccc3ccccc23)cc1)c1ccccc1. The lowest BCUT2D eigenvalue weighted by Gasteiger charge is -2.22. The smallest absolute Gasteiger partial charge is 0.255 e. The summed E-state index contributed by atoms with van der Waals surface area (Å²) in [4.78, 5) is 12.8. The molecule has 0 atom stereocenters. The zero-order chi connectivity index (χ0) is 21.8. The molecule has 31 heavy (non-hydrogen) atoms. The van der Waals surface area contributed by atoms with Crippen LogP contribution in [0, 0.1) is 0 Å². The molecule has 4 rings (SSSR count). The van der Waals surface area contributed by atoms with Gasteiger partial charge in [0, 0.05) is 16.6 Å². The molecule has 0 saturated carbocycles. The number of anilines is 2. The van der Waals surface area contributed by atoms with E-state index in [2.05, 4.69) is 5.32 Å². The van der Waals surface area contributed by atoms with Gasteiger partial charge in [-0.15, -0.1) is 0 Å². The fourth-order valence-electron chi connectivity index (χ4n) is 3.45. The van der Waals surface area contributed by atoms with Gasteiger partial charge in [-0.05, 0) is 41.3 Å². The Bertz CT molecular complexity index is 1310. The van der Waals surface area contributed by atoms with E-state index in [0.29, 0.717) is 11.3 Å². The van der Waals surface area contributed by atoms with Crippen LogP contribution in [0.5, 0.6) is 0 Å². The van der Waals surface area contributed by atoms with Gasteiger partial charge in [-0.25, -0.2) is 8.42 Å². The molecular weight excluding hydrogens is 408 g/mol. The molecule has 4 aromatic carbocycles. The zero-order valence-electron chi connectivity index (χ0n) is 17.0. The highest BCUT2D eigenvalue weighted by atomic mass is 32.2. The van der Waals surface area contributed by atoms with E-state index >= 15 is 0 Å². The molecule has 0 aliphatic carbocycles. The van der Waals surface area contributed by atoms with Gasteiger partial charge in [-0.1, -0.05) is 66.7 Å². The average Bonchev–Trinajstić information content (AvgIpc) is 2.78. The van der Waals surface area contributed by atoms with Crippen molar-refractivity contribution in [2.45, 2.75) is 6.54 Å². The van der Waals surface area contributed by atoms with Gasteiger partial charge in [0.1, 0.15) is 0 Å². The topological polar surface area (TPSA) is 66.5 Å². The van der Waals surface area contributed by atoms with Gasteiger partial charge in [0.15, 0.2) is 0 Å². The fraction of sp³-hybridized carbons (Fsp3) is 0.0800. The first-order chi connectivity index (χ1) is 14.9. The number of hydrogen-bond acceptors (Lipinski definition) is 3. The van der Waals surface area contributed by atoms with Crippen LogP contribution in [0.3, 0.4) is 0 Å². The highest BCUT2D eigenvalue weighted by molar-refractivity contribution is 7.92. The predicted molar refractivity (Wildman–Crippen MR) is 126 cm³/mol. The lowest BCUT2D eigenvalue weighted by Crippen LogP contribution is -2.29. The number of nitrogens with one attached hydrogen (secondary N) is 1.